The number of benzene rings is 1. The molecule has 2 aliphatic rings. The second-order valence-corrected chi connectivity index (χ2v) is 7.89. The highest BCUT2D eigenvalue weighted by molar-refractivity contribution is 7.89. The van der Waals surface area contributed by atoms with Gasteiger partial charge in [0.1, 0.15) is 0 Å². The Hall–Kier alpha value is -1.28. The third-order valence-electron chi connectivity index (χ3n) is 4.35. The van der Waals surface area contributed by atoms with Crippen molar-refractivity contribution < 1.29 is 22.7 Å². The van der Waals surface area contributed by atoms with Gasteiger partial charge in [-0.2, -0.15) is 4.31 Å². The molecule has 3 rings (SSSR count). The first kappa shape index (κ1) is 16.6. The Labute approximate surface area is 136 Å². The lowest BCUT2D eigenvalue weighted by atomic mass is 9.99. The smallest absolute Gasteiger partial charge is 0.243 e. The zero-order valence-electron chi connectivity index (χ0n) is 13.1. The van der Waals surface area contributed by atoms with E-state index in [4.69, 9.17) is 9.47 Å². The van der Waals surface area contributed by atoms with Crippen molar-refractivity contribution in [1.82, 2.24) is 4.31 Å². The van der Waals surface area contributed by atoms with Gasteiger partial charge in [-0.05, 0) is 31.9 Å². The summed E-state index contributed by atoms with van der Waals surface area (Å²) in [5.74, 6) is -0.0139. The fraction of sp³-hybridized carbons (Fsp3) is 0.562. The number of hydrogen-bond acceptors (Lipinski definition) is 5. The predicted octanol–water partition coefficient (Wildman–Crippen LogP) is 1.66. The minimum atomic E-state index is -3.56. The molecule has 0 bridgehead atoms. The van der Waals surface area contributed by atoms with Crippen LogP contribution in [-0.4, -0.2) is 51.1 Å². The molecule has 0 saturated carbocycles. The van der Waals surface area contributed by atoms with Gasteiger partial charge in [-0.1, -0.05) is 12.1 Å². The van der Waals surface area contributed by atoms with Crippen molar-refractivity contribution in [2.75, 3.05) is 26.3 Å². The molecule has 0 N–H and O–H groups in total. The molecule has 0 radical (unpaired) electrons. The zero-order valence-corrected chi connectivity index (χ0v) is 13.9. The van der Waals surface area contributed by atoms with Crippen molar-refractivity contribution in [1.29, 1.82) is 0 Å². The topological polar surface area (TPSA) is 72.9 Å². The molecular formula is C16H21NO5S. The summed E-state index contributed by atoms with van der Waals surface area (Å²) < 4.78 is 38.1. The summed E-state index contributed by atoms with van der Waals surface area (Å²) in [6.45, 7) is 3.50. The minimum Gasteiger partial charge on any atom is -0.350 e. The van der Waals surface area contributed by atoms with Gasteiger partial charge < -0.3 is 9.47 Å². The number of ketones is 1. The van der Waals surface area contributed by atoms with E-state index >= 15 is 0 Å². The third kappa shape index (κ3) is 3.47. The first-order valence-corrected chi connectivity index (χ1v) is 9.27. The van der Waals surface area contributed by atoms with E-state index in [1.807, 2.05) is 0 Å². The van der Waals surface area contributed by atoms with Crippen LogP contribution >= 0.6 is 0 Å². The van der Waals surface area contributed by atoms with E-state index < -0.39 is 10.0 Å². The molecule has 6 nitrogen and oxygen atoms in total. The number of nitrogens with zero attached hydrogens (tertiary/aromatic N) is 1. The van der Waals surface area contributed by atoms with Crippen LogP contribution < -0.4 is 0 Å². The molecule has 7 heteroatoms. The van der Waals surface area contributed by atoms with Crippen molar-refractivity contribution in [3.63, 3.8) is 0 Å². The highest BCUT2D eigenvalue weighted by atomic mass is 32.2. The highest BCUT2D eigenvalue weighted by Gasteiger charge is 2.36. The van der Waals surface area contributed by atoms with Crippen LogP contribution in [-0.2, 0) is 19.5 Å². The maximum Gasteiger partial charge on any atom is 0.243 e. The standard InChI is InChI=1S/C16H21NO5S/c1-12(18)13-4-6-15(7-5-13)23(19,20)17-8-2-3-14(11-17)16-21-9-10-22-16/h4-7,14,16H,2-3,8-11H2,1H3. The normalized spacial score (nSPS) is 24.0. The van der Waals surface area contributed by atoms with E-state index in [2.05, 4.69) is 0 Å². The summed E-state index contributed by atoms with van der Waals surface area (Å²) >= 11 is 0. The van der Waals surface area contributed by atoms with Gasteiger partial charge in [0.15, 0.2) is 12.1 Å². The molecule has 0 amide bonds. The lowest BCUT2D eigenvalue weighted by Gasteiger charge is -2.33. The van der Waals surface area contributed by atoms with E-state index in [1.165, 1.54) is 23.4 Å². The molecule has 2 fully saturated rings. The van der Waals surface area contributed by atoms with Crippen LogP contribution in [0.2, 0.25) is 0 Å². The summed E-state index contributed by atoms with van der Waals surface area (Å²) in [5.41, 5.74) is 0.508. The van der Waals surface area contributed by atoms with Crippen LogP contribution in [0, 0.1) is 5.92 Å². The van der Waals surface area contributed by atoms with Crippen molar-refractivity contribution >= 4 is 15.8 Å². The van der Waals surface area contributed by atoms with Gasteiger partial charge in [-0.25, -0.2) is 8.42 Å². The van der Waals surface area contributed by atoms with Gasteiger partial charge in [0, 0.05) is 24.6 Å². The zero-order chi connectivity index (χ0) is 16.4. The number of carbonyl (C=O) groups is 1. The maximum atomic E-state index is 12.8. The van der Waals surface area contributed by atoms with Crippen molar-refractivity contribution in [3.05, 3.63) is 29.8 Å². The molecule has 2 saturated heterocycles. The predicted molar refractivity (Wildman–Crippen MR) is 83.6 cm³/mol. The number of hydrogen-bond donors (Lipinski definition) is 0. The van der Waals surface area contributed by atoms with Crippen molar-refractivity contribution in [2.24, 2.45) is 5.92 Å². The first-order valence-electron chi connectivity index (χ1n) is 7.83. The monoisotopic (exact) mass is 339 g/mol. The number of ether oxygens (including phenoxy) is 2. The average molecular weight is 339 g/mol. The molecule has 2 heterocycles. The van der Waals surface area contributed by atoms with Gasteiger partial charge in [0.2, 0.25) is 10.0 Å². The van der Waals surface area contributed by atoms with Crippen molar-refractivity contribution in [3.8, 4) is 0 Å². The summed E-state index contributed by atoms with van der Waals surface area (Å²) in [7, 11) is -3.56. The quantitative estimate of drug-likeness (QED) is 0.780. The summed E-state index contributed by atoms with van der Waals surface area (Å²) in [6, 6.07) is 6.11. The molecule has 2 aliphatic heterocycles. The molecular weight excluding hydrogens is 318 g/mol. The van der Waals surface area contributed by atoms with Gasteiger partial charge in [0.25, 0.3) is 0 Å². The van der Waals surface area contributed by atoms with E-state index in [-0.39, 0.29) is 22.9 Å². The van der Waals surface area contributed by atoms with Crippen LogP contribution in [0.25, 0.3) is 0 Å². The number of Topliss-reactive ketones (excluding diaryl/α,β-unsaturated/α-hetero) is 1. The summed E-state index contributed by atoms with van der Waals surface area (Å²) in [4.78, 5) is 11.5. The molecule has 1 aromatic rings. The summed E-state index contributed by atoms with van der Waals surface area (Å²) in [6.07, 6.45) is 1.39. The Bertz CT molecular complexity index is 664. The van der Waals surface area contributed by atoms with Gasteiger partial charge in [-0.15, -0.1) is 0 Å². The molecule has 0 aliphatic carbocycles. The third-order valence-corrected chi connectivity index (χ3v) is 6.23. The average Bonchev–Trinajstić information content (AvgIpc) is 3.09. The van der Waals surface area contributed by atoms with Crippen LogP contribution in [0.4, 0.5) is 0 Å². The number of piperidine rings is 1. The molecule has 1 atom stereocenters. The Morgan fingerprint density at radius 2 is 1.83 bits per heavy atom. The Morgan fingerprint density at radius 1 is 1.17 bits per heavy atom. The fourth-order valence-electron chi connectivity index (χ4n) is 3.07. The second kappa shape index (κ2) is 6.68. The van der Waals surface area contributed by atoms with Crippen LogP contribution in [0.15, 0.2) is 29.2 Å². The molecule has 126 valence electrons. The minimum absolute atomic E-state index is 0.0671. The Morgan fingerprint density at radius 3 is 2.43 bits per heavy atom. The molecule has 0 spiro atoms. The SMILES string of the molecule is CC(=O)c1ccc(S(=O)(=O)N2CCCC(C3OCCO3)C2)cc1. The fourth-order valence-corrected chi connectivity index (χ4v) is 4.61. The Balaban J connectivity index is 1.76. The molecule has 1 aromatic carbocycles. The van der Waals surface area contributed by atoms with E-state index in [9.17, 15) is 13.2 Å². The van der Waals surface area contributed by atoms with Crippen LogP contribution in [0.1, 0.15) is 30.1 Å². The van der Waals surface area contributed by atoms with Gasteiger partial charge in [-0.3, -0.25) is 4.79 Å². The van der Waals surface area contributed by atoms with E-state index in [1.54, 1.807) is 12.1 Å². The first-order chi connectivity index (χ1) is 11.0. The van der Waals surface area contributed by atoms with Gasteiger partial charge in [0.05, 0.1) is 18.1 Å². The molecule has 0 aromatic heterocycles. The summed E-state index contributed by atoms with van der Waals surface area (Å²) in [5, 5.41) is 0. The highest BCUT2D eigenvalue weighted by Crippen LogP contribution is 2.28. The number of rotatable bonds is 4. The van der Waals surface area contributed by atoms with Crippen molar-refractivity contribution in [2.45, 2.75) is 31.0 Å². The second-order valence-electron chi connectivity index (χ2n) is 5.96. The lowest BCUT2D eigenvalue weighted by Crippen LogP contribution is -2.43. The molecule has 1 unspecified atom stereocenters. The van der Waals surface area contributed by atoms with E-state index in [0.717, 1.165) is 12.8 Å². The number of sulfonamides is 1. The lowest BCUT2D eigenvalue weighted by molar-refractivity contribution is -0.0940. The molecule has 23 heavy (non-hydrogen) atoms. The Kier molecular flexibility index (Phi) is 4.82. The van der Waals surface area contributed by atoms with Gasteiger partial charge >= 0.3 is 0 Å². The largest absolute Gasteiger partial charge is 0.350 e. The van der Waals surface area contributed by atoms with Crippen LogP contribution in [0.3, 0.4) is 0 Å². The maximum absolute atomic E-state index is 12.8. The van der Waals surface area contributed by atoms with E-state index in [0.29, 0.717) is 31.9 Å². The van der Waals surface area contributed by atoms with Crippen LogP contribution in [0.5, 0.6) is 0 Å². The number of carbonyl (C=O) groups excluding carboxylic acids is 1.